The Bertz CT molecular complexity index is 493. The summed E-state index contributed by atoms with van der Waals surface area (Å²) in [6.07, 6.45) is 3.55. The van der Waals surface area contributed by atoms with Gasteiger partial charge in [0.1, 0.15) is 11.5 Å². The third kappa shape index (κ3) is 3.19. The van der Waals surface area contributed by atoms with E-state index in [2.05, 4.69) is 6.92 Å². The highest BCUT2D eigenvalue weighted by atomic mass is 16.5. The molecule has 0 amide bonds. The maximum Gasteiger partial charge on any atom is 0.335 e. The van der Waals surface area contributed by atoms with E-state index in [1.54, 1.807) is 18.2 Å². The maximum absolute atomic E-state index is 11.1. The monoisotopic (exact) mass is 262 g/mol. The molecule has 2 saturated carbocycles. The summed E-state index contributed by atoms with van der Waals surface area (Å²) < 4.78 is 11.3. The Morgan fingerprint density at radius 1 is 1.32 bits per heavy atom. The van der Waals surface area contributed by atoms with Crippen LogP contribution < -0.4 is 9.47 Å². The van der Waals surface area contributed by atoms with Gasteiger partial charge in [-0.15, -0.1) is 0 Å². The Morgan fingerprint density at radius 2 is 2.00 bits per heavy atom. The molecule has 4 nitrogen and oxygen atoms in total. The molecule has 0 radical (unpaired) electrons. The molecule has 2 aliphatic carbocycles. The third-order valence-electron chi connectivity index (χ3n) is 3.69. The highest BCUT2D eigenvalue weighted by Gasteiger charge is 2.33. The fourth-order valence-electron chi connectivity index (χ4n) is 2.06. The van der Waals surface area contributed by atoms with Crippen LogP contribution in [0, 0.1) is 11.8 Å². The molecule has 0 aromatic heterocycles. The summed E-state index contributed by atoms with van der Waals surface area (Å²) in [5, 5.41) is 9.10. The number of hydrogen-bond acceptors (Lipinski definition) is 3. The first-order valence-electron chi connectivity index (χ1n) is 6.79. The van der Waals surface area contributed by atoms with Gasteiger partial charge in [0.15, 0.2) is 0 Å². The van der Waals surface area contributed by atoms with Crippen molar-refractivity contribution in [3.8, 4) is 11.5 Å². The molecular weight excluding hydrogens is 244 g/mol. The molecule has 4 heteroatoms. The fraction of sp³-hybridized carbons (Fsp3) is 0.533. The summed E-state index contributed by atoms with van der Waals surface area (Å²) in [5.41, 5.74) is 0.219. The van der Waals surface area contributed by atoms with Gasteiger partial charge in [-0.3, -0.25) is 0 Å². The van der Waals surface area contributed by atoms with Crippen LogP contribution >= 0.6 is 0 Å². The molecule has 1 aromatic rings. The van der Waals surface area contributed by atoms with Crippen LogP contribution in [0.5, 0.6) is 11.5 Å². The highest BCUT2D eigenvalue weighted by Crippen LogP contribution is 2.38. The van der Waals surface area contributed by atoms with E-state index in [1.807, 2.05) is 0 Å². The first kappa shape index (κ1) is 12.3. The number of carbonyl (C=O) groups is 1. The third-order valence-corrected chi connectivity index (χ3v) is 3.69. The smallest absolute Gasteiger partial charge is 0.335 e. The van der Waals surface area contributed by atoms with Crippen molar-refractivity contribution in [1.29, 1.82) is 0 Å². The zero-order chi connectivity index (χ0) is 13.4. The number of rotatable bonds is 6. The van der Waals surface area contributed by atoms with Gasteiger partial charge in [-0.2, -0.15) is 0 Å². The van der Waals surface area contributed by atoms with Crippen molar-refractivity contribution in [2.45, 2.75) is 32.3 Å². The van der Waals surface area contributed by atoms with Crippen molar-refractivity contribution in [3.63, 3.8) is 0 Å². The molecule has 0 spiro atoms. The van der Waals surface area contributed by atoms with Gasteiger partial charge >= 0.3 is 5.97 Å². The zero-order valence-electron chi connectivity index (χ0n) is 11.0. The van der Waals surface area contributed by atoms with Gasteiger partial charge in [-0.1, -0.05) is 6.92 Å². The topological polar surface area (TPSA) is 55.8 Å². The van der Waals surface area contributed by atoms with Gasteiger partial charge in [-0.25, -0.2) is 4.79 Å². The molecule has 2 fully saturated rings. The number of ether oxygens (including phenoxy) is 2. The van der Waals surface area contributed by atoms with E-state index in [1.165, 1.54) is 6.42 Å². The van der Waals surface area contributed by atoms with E-state index in [4.69, 9.17) is 14.6 Å². The predicted octanol–water partition coefficient (Wildman–Crippen LogP) is 2.96. The van der Waals surface area contributed by atoms with E-state index >= 15 is 0 Å². The molecular formula is C15H18O4. The van der Waals surface area contributed by atoms with Gasteiger partial charge in [0.25, 0.3) is 0 Å². The maximum atomic E-state index is 11.1. The molecule has 2 unspecified atom stereocenters. The second-order valence-electron chi connectivity index (χ2n) is 5.60. The van der Waals surface area contributed by atoms with Crippen LogP contribution in [0.15, 0.2) is 18.2 Å². The van der Waals surface area contributed by atoms with Crippen molar-refractivity contribution in [3.05, 3.63) is 23.8 Å². The molecule has 1 N–H and O–H groups in total. The van der Waals surface area contributed by atoms with Crippen molar-refractivity contribution in [1.82, 2.24) is 0 Å². The number of hydrogen-bond donors (Lipinski definition) is 1. The van der Waals surface area contributed by atoms with Crippen LogP contribution in [0.2, 0.25) is 0 Å². The van der Waals surface area contributed by atoms with E-state index in [0.29, 0.717) is 24.0 Å². The van der Waals surface area contributed by atoms with Crippen LogP contribution in [-0.4, -0.2) is 23.8 Å². The largest absolute Gasteiger partial charge is 0.493 e. The molecule has 0 saturated heterocycles. The first-order valence-corrected chi connectivity index (χ1v) is 6.79. The quantitative estimate of drug-likeness (QED) is 0.856. The van der Waals surface area contributed by atoms with E-state index in [9.17, 15) is 4.79 Å². The van der Waals surface area contributed by atoms with Crippen molar-refractivity contribution >= 4 is 5.97 Å². The molecule has 3 rings (SSSR count). The molecule has 0 heterocycles. The Balaban J connectivity index is 1.72. The van der Waals surface area contributed by atoms with Crippen LogP contribution in [0.1, 0.15) is 36.5 Å². The van der Waals surface area contributed by atoms with Gasteiger partial charge in [-0.05, 0) is 43.2 Å². The summed E-state index contributed by atoms with van der Waals surface area (Å²) in [4.78, 5) is 11.1. The van der Waals surface area contributed by atoms with E-state index < -0.39 is 5.97 Å². The summed E-state index contributed by atoms with van der Waals surface area (Å²) in [6, 6.07) is 4.92. The second kappa shape index (κ2) is 4.76. The average molecular weight is 262 g/mol. The Labute approximate surface area is 112 Å². The molecule has 1 aromatic carbocycles. The summed E-state index contributed by atoms with van der Waals surface area (Å²) in [6.45, 7) is 2.86. The molecule has 19 heavy (non-hydrogen) atoms. The molecule has 102 valence electrons. The van der Waals surface area contributed by atoms with Gasteiger partial charge in [0.2, 0.25) is 0 Å². The minimum Gasteiger partial charge on any atom is -0.493 e. The lowest BCUT2D eigenvalue weighted by Crippen LogP contribution is -2.04. The van der Waals surface area contributed by atoms with Crippen LogP contribution in [0.25, 0.3) is 0 Å². The summed E-state index contributed by atoms with van der Waals surface area (Å²) in [5.74, 6) is 1.58. The standard InChI is InChI=1S/C15H18O4/c1-9-4-11(9)8-18-13-5-10(15(16)17)6-14(7-13)19-12-2-3-12/h5-7,9,11-12H,2-4,8H2,1H3,(H,16,17). The van der Waals surface area contributed by atoms with Crippen LogP contribution in [0.3, 0.4) is 0 Å². The average Bonchev–Trinajstić information content (AvgIpc) is 3.26. The molecule has 2 aliphatic rings. The second-order valence-corrected chi connectivity index (χ2v) is 5.60. The van der Waals surface area contributed by atoms with Crippen molar-refractivity contribution in [2.75, 3.05) is 6.61 Å². The Hall–Kier alpha value is -1.71. The Kier molecular flexibility index (Phi) is 3.09. The van der Waals surface area contributed by atoms with Crippen LogP contribution in [0.4, 0.5) is 0 Å². The van der Waals surface area contributed by atoms with E-state index in [0.717, 1.165) is 18.8 Å². The van der Waals surface area contributed by atoms with Gasteiger partial charge in [0.05, 0.1) is 18.3 Å². The number of aromatic carboxylic acids is 1. The lowest BCUT2D eigenvalue weighted by Gasteiger charge is -2.10. The summed E-state index contributed by atoms with van der Waals surface area (Å²) in [7, 11) is 0. The summed E-state index contributed by atoms with van der Waals surface area (Å²) >= 11 is 0. The molecule has 0 bridgehead atoms. The first-order chi connectivity index (χ1) is 9.11. The zero-order valence-corrected chi connectivity index (χ0v) is 11.0. The lowest BCUT2D eigenvalue weighted by atomic mass is 10.2. The predicted molar refractivity (Wildman–Crippen MR) is 69.8 cm³/mol. The molecule has 0 aliphatic heterocycles. The fourth-order valence-corrected chi connectivity index (χ4v) is 2.06. The van der Waals surface area contributed by atoms with Crippen LogP contribution in [-0.2, 0) is 0 Å². The number of benzene rings is 1. The normalized spacial score (nSPS) is 24.9. The minimum absolute atomic E-state index is 0.219. The SMILES string of the molecule is CC1CC1COc1cc(OC2CC2)cc(C(=O)O)c1. The minimum atomic E-state index is -0.953. The van der Waals surface area contributed by atoms with Gasteiger partial charge < -0.3 is 14.6 Å². The highest BCUT2D eigenvalue weighted by molar-refractivity contribution is 5.88. The molecule has 2 atom stereocenters. The Morgan fingerprint density at radius 3 is 2.58 bits per heavy atom. The lowest BCUT2D eigenvalue weighted by molar-refractivity contribution is 0.0695. The van der Waals surface area contributed by atoms with Crippen molar-refractivity contribution in [2.24, 2.45) is 11.8 Å². The van der Waals surface area contributed by atoms with Gasteiger partial charge in [0, 0.05) is 6.07 Å². The van der Waals surface area contributed by atoms with E-state index in [-0.39, 0.29) is 11.7 Å². The number of carboxylic acids is 1. The number of carboxylic acid groups (broad SMARTS) is 1. The van der Waals surface area contributed by atoms with Crippen molar-refractivity contribution < 1.29 is 19.4 Å².